The Kier molecular flexibility index (Phi) is 8.36. The van der Waals surface area contributed by atoms with E-state index in [0.717, 1.165) is 25.7 Å². The molecule has 4 heteroatoms. The van der Waals surface area contributed by atoms with Gasteiger partial charge in [0.05, 0.1) is 24.3 Å². The lowest BCUT2D eigenvalue weighted by atomic mass is 10.1. The highest BCUT2D eigenvalue weighted by molar-refractivity contribution is 6.03. The van der Waals surface area contributed by atoms with Crippen molar-refractivity contribution in [1.29, 1.82) is 0 Å². The van der Waals surface area contributed by atoms with Crippen LogP contribution in [0.3, 0.4) is 0 Å². The normalized spacial score (nSPS) is 19.3. The van der Waals surface area contributed by atoms with Gasteiger partial charge in [-0.05, 0) is 25.0 Å². The maximum absolute atomic E-state index is 12.2. The Morgan fingerprint density at radius 2 is 0.875 bits per heavy atom. The van der Waals surface area contributed by atoms with Gasteiger partial charge in [-0.15, -0.1) is 0 Å². The maximum atomic E-state index is 12.2. The van der Waals surface area contributed by atoms with Crippen LogP contribution in [0, 0.1) is 0 Å². The molecule has 132 valence electrons. The van der Waals surface area contributed by atoms with Crippen LogP contribution in [0.15, 0.2) is 24.3 Å². The minimum absolute atomic E-state index is 0.295. The van der Waals surface area contributed by atoms with E-state index in [2.05, 4.69) is 0 Å². The van der Waals surface area contributed by atoms with E-state index in [0.29, 0.717) is 24.3 Å². The first-order valence-electron chi connectivity index (χ1n) is 9.22. The van der Waals surface area contributed by atoms with Gasteiger partial charge in [0.2, 0.25) is 0 Å². The van der Waals surface area contributed by atoms with Gasteiger partial charge < -0.3 is 9.47 Å². The van der Waals surface area contributed by atoms with Crippen molar-refractivity contribution in [3.63, 3.8) is 0 Å². The van der Waals surface area contributed by atoms with Gasteiger partial charge in [0.1, 0.15) is 0 Å². The van der Waals surface area contributed by atoms with Crippen LogP contribution in [0.4, 0.5) is 0 Å². The van der Waals surface area contributed by atoms with E-state index in [1.54, 1.807) is 24.3 Å². The van der Waals surface area contributed by atoms with Crippen LogP contribution < -0.4 is 0 Å². The zero-order valence-electron chi connectivity index (χ0n) is 14.4. The molecule has 1 aromatic rings. The highest BCUT2D eigenvalue weighted by atomic mass is 16.5. The summed E-state index contributed by atoms with van der Waals surface area (Å²) < 4.78 is 10.6. The molecule has 0 fully saturated rings. The van der Waals surface area contributed by atoms with Crippen LogP contribution in [0.1, 0.15) is 84.9 Å². The van der Waals surface area contributed by atoms with Gasteiger partial charge in [-0.3, -0.25) is 0 Å². The molecule has 1 heterocycles. The summed E-state index contributed by atoms with van der Waals surface area (Å²) in [6, 6.07) is 6.72. The number of ether oxygens (including phenoxy) is 2. The fraction of sp³-hybridized carbons (Fsp3) is 0.600. The molecule has 0 spiro atoms. The van der Waals surface area contributed by atoms with E-state index in [-0.39, 0.29) is 0 Å². The number of carbonyl (C=O) groups excluding carboxylic acids is 2. The second kappa shape index (κ2) is 10.8. The highest BCUT2D eigenvalue weighted by Gasteiger charge is 2.18. The summed E-state index contributed by atoms with van der Waals surface area (Å²) in [4.78, 5) is 24.4. The van der Waals surface area contributed by atoms with Crippen molar-refractivity contribution in [2.75, 3.05) is 13.2 Å². The molecular weight excluding hydrogens is 304 g/mol. The van der Waals surface area contributed by atoms with Crippen molar-refractivity contribution in [2.45, 2.75) is 64.2 Å². The van der Waals surface area contributed by atoms with Gasteiger partial charge in [0.15, 0.2) is 0 Å². The number of hydrogen-bond donors (Lipinski definition) is 0. The van der Waals surface area contributed by atoms with Crippen LogP contribution in [0.2, 0.25) is 0 Å². The third-order valence-corrected chi connectivity index (χ3v) is 4.37. The quantitative estimate of drug-likeness (QED) is 0.633. The van der Waals surface area contributed by atoms with Gasteiger partial charge in [-0.1, -0.05) is 63.5 Å². The standard InChI is InChI=1S/C20H28O4/c21-19-17-13-9-10-14-18(17)20(22)24-16-12-8-6-4-2-1-3-5-7-11-15-23-19/h9-10,13-14H,1-8,11-12,15-16H2. The summed E-state index contributed by atoms with van der Waals surface area (Å²) in [6.07, 6.45) is 11.4. The molecule has 0 amide bonds. The lowest BCUT2D eigenvalue weighted by Crippen LogP contribution is -2.15. The van der Waals surface area contributed by atoms with Gasteiger partial charge in [0.25, 0.3) is 0 Å². The molecule has 0 bridgehead atoms. The van der Waals surface area contributed by atoms with Gasteiger partial charge in [-0.25, -0.2) is 9.59 Å². The second-order valence-electron chi connectivity index (χ2n) is 6.35. The number of cyclic esters (lactones) is 2. The first-order valence-corrected chi connectivity index (χ1v) is 9.22. The Morgan fingerprint density at radius 1 is 0.542 bits per heavy atom. The molecule has 24 heavy (non-hydrogen) atoms. The van der Waals surface area contributed by atoms with Crippen molar-refractivity contribution in [3.05, 3.63) is 35.4 Å². The molecule has 1 aliphatic rings. The average molecular weight is 332 g/mol. The first kappa shape index (κ1) is 18.5. The number of benzene rings is 1. The number of esters is 2. The zero-order valence-corrected chi connectivity index (χ0v) is 14.4. The molecule has 1 aromatic carbocycles. The van der Waals surface area contributed by atoms with Crippen molar-refractivity contribution >= 4 is 11.9 Å². The van der Waals surface area contributed by atoms with E-state index in [1.165, 1.54) is 38.5 Å². The van der Waals surface area contributed by atoms with E-state index in [9.17, 15) is 9.59 Å². The molecule has 0 unspecified atom stereocenters. The minimum Gasteiger partial charge on any atom is -0.462 e. The summed E-state index contributed by atoms with van der Waals surface area (Å²) >= 11 is 0. The summed E-state index contributed by atoms with van der Waals surface area (Å²) in [7, 11) is 0. The third kappa shape index (κ3) is 6.34. The smallest absolute Gasteiger partial charge is 0.339 e. The Morgan fingerprint density at radius 3 is 1.25 bits per heavy atom. The zero-order chi connectivity index (χ0) is 17.0. The Hall–Kier alpha value is -1.84. The van der Waals surface area contributed by atoms with Crippen molar-refractivity contribution in [1.82, 2.24) is 0 Å². The molecule has 2 rings (SSSR count). The summed E-state index contributed by atoms with van der Waals surface area (Å²) in [5.41, 5.74) is 0.590. The Balaban J connectivity index is 1.97. The van der Waals surface area contributed by atoms with Gasteiger partial charge in [-0.2, -0.15) is 0 Å². The minimum atomic E-state index is -0.441. The molecule has 0 saturated carbocycles. The maximum Gasteiger partial charge on any atom is 0.339 e. The predicted molar refractivity (Wildman–Crippen MR) is 93.2 cm³/mol. The molecule has 0 N–H and O–H groups in total. The van der Waals surface area contributed by atoms with Crippen molar-refractivity contribution in [3.8, 4) is 0 Å². The summed E-state index contributed by atoms with van der Waals surface area (Å²) in [5.74, 6) is -0.882. The summed E-state index contributed by atoms with van der Waals surface area (Å²) in [5, 5.41) is 0. The molecule has 0 aliphatic carbocycles. The molecule has 0 radical (unpaired) electrons. The van der Waals surface area contributed by atoms with E-state index < -0.39 is 11.9 Å². The second-order valence-corrected chi connectivity index (χ2v) is 6.35. The largest absolute Gasteiger partial charge is 0.462 e. The van der Waals surface area contributed by atoms with Gasteiger partial charge in [0, 0.05) is 0 Å². The monoisotopic (exact) mass is 332 g/mol. The van der Waals surface area contributed by atoms with E-state index >= 15 is 0 Å². The van der Waals surface area contributed by atoms with E-state index in [4.69, 9.17) is 9.47 Å². The average Bonchev–Trinajstić information content (AvgIpc) is 2.61. The molecule has 1 aliphatic heterocycles. The van der Waals surface area contributed by atoms with Crippen LogP contribution in [0.5, 0.6) is 0 Å². The molecular formula is C20H28O4. The molecule has 0 aromatic heterocycles. The molecule has 4 nitrogen and oxygen atoms in total. The fourth-order valence-corrected chi connectivity index (χ4v) is 2.94. The summed E-state index contributed by atoms with van der Waals surface area (Å²) in [6.45, 7) is 0.810. The van der Waals surface area contributed by atoms with Crippen LogP contribution in [-0.2, 0) is 9.47 Å². The first-order chi connectivity index (χ1) is 11.8. The SMILES string of the molecule is O=C1OCCCCCCCCCCCCOC(=O)c2ccccc21. The fourth-order valence-electron chi connectivity index (χ4n) is 2.94. The predicted octanol–water partition coefficient (Wildman–Crippen LogP) is 4.91. The number of carbonyl (C=O) groups is 2. The van der Waals surface area contributed by atoms with Crippen molar-refractivity contribution < 1.29 is 19.1 Å². The van der Waals surface area contributed by atoms with Crippen LogP contribution in [-0.4, -0.2) is 25.2 Å². The highest BCUT2D eigenvalue weighted by Crippen LogP contribution is 2.15. The molecule has 0 atom stereocenters. The Bertz CT molecular complexity index is 477. The topological polar surface area (TPSA) is 52.6 Å². The van der Waals surface area contributed by atoms with E-state index in [1.807, 2.05) is 0 Å². The van der Waals surface area contributed by atoms with Gasteiger partial charge >= 0.3 is 11.9 Å². The Labute approximate surface area is 144 Å². The lowest BCUT2D eigenvalue weighted by molar-refractivity contribution is 0.0450. The third-order valence-electron chi connectivity index (χ3n) is 4.37. The van der Waals surface area contributed by atoms with Crippen LogP contribution >= 0.6 is 0 Å². The number of fused-ring (bicyclic) bond motifs is 1. The van der Waals surface area contributed by atoms with Crippen LogP contribution in [0.25, 0.3) is 0 Å². The number of rotatable bonds is 0. The number of hydrogen-bond acceptors (Lipinski definition) is 4. The lowest BCUT2D eigenvalue weighted by Gasteiger charge is -2.10. The van der Waals surface area contributed by atoms with Crippen molar-refractivity contribution in [2.24, 2.45) is 0 Å². The molecule has 0 saturated heterocycles.